The molecule has 0 rings (SSSR count). The summed E-state index contributed by atoms with van der Waals surface area (Å²) in [4.78, 5) is 21.6. The van der Waals surface area contributed by atoms with E-state index in [0.29, 0.717) is 6.42 Å². The number of esters is 2. The van der Waals surface area contributed by atoms with Crippen LogP contribution in [0, 0.1) is 0 Å². The molecule has 0 unspecified atom stereocenters. The lowest BCUT2D eigenvalue weighted by Gasteiger charge is -2.02. The summed E-state index contributed by atoms with van der Waals surface area (Å²) in [5.41, 5.74) is 0. The highest BCUT2D eigenvalue weighted by molar-refractivity contribution is 7.88. The molecule has 0 saturated carbocycles. The zero-order valence-electron chi connectivity index (χ0n) is 9.63. The van der Waals surface area contributed by atoms with E-state index in [1.807, 2.05) is 0 Å². The van der Waals surface area contributed by atoms with Crippen molar-refractivity contribution in [3.63, 3.8) is 0 Å². The summed E-state index contributed by atoms with van der Waals surface area (Å²) in [6.45, 7) is 0.250. The lowest BCUT2D eigenvalue weighted by atomic mass is 10.4. The number of ether oxygens (including phenoxy) is 2. The van der Waals surface area contributed by atoms with Gasteiger partial charge in [0.2, 0.25) is 10.0 Å². The van der Waals surface area contributed by atoms with Crippen molar-refractivity contribution in [2.45, 2.75) is 6.42 Å². The van der Waals surface area contributed by atoms with Crippen molar-refractivity contribution in [1.29, 1.82) is 0 Å². The summed E-state index contributed by atoms with van der Waals surface area (Å²) >= 11 is 0. The third-order valence-electron chi connectivity index (χ3n) is 1.49. The van der Waals surface area contributed by atoms with Gasteiger partial charge in [0.15, 0.2) is 0 Å². The van der Waals surface area contributed by atoms with Crippen molar-refractivity contribution in [1.82, 2.24) is 4.72 Å². The predicted octanol–water partition coefficient (Wildman–Crippen LogP) is -0.802. The number of carbonyl (C=O) groups is 2. The van der Waals surface area contributed by atoms with E-state index in [2.05, 4.69) is 14.2 Å². The van der Waals surface area contributed by atoms with Gasteiger partial charge >= 0.3 is 11.9 Å². The van der Waals surface area contributed by atoms with Gasteiger partial charge in [-0.15, -0.1) is 0 Å². The molecule has 0 aliphatic carbocycles. The van der Waals surface area contributed by atoms with Gasteiger partial charge in [-0.05, 0) is 6.42 Å². The minimum atomic E-state index is -3.22. The molecule has 0 aromatic heterocycles. The zero-order chi connectivity index (χ0) is 13.3. The van der Waals surface area contributed by atoms with Crippen LogP contribution in [0.1, 0.15) is 6.42 Å². The van der Waals surface area contributed by atoms with E-state index in [9.17, 15) is 18.0 Å². The molecule has 0 aliphatic heterocycles. The second-order valence-electron chi connectivity index (χ2n) is 3.04. The first-order valence-corrected chi connectivity index (χ1v) is 6.61. The fraction of sp³-hybridized carbons (Fsp3) is 0.556. The second kappa shape index (κ2) is 7.80. The molecule has 0 aliphatic rings. The van der Waals surface area contributed by atoms with Gasteiger partial charge in [-0.1, -0.05) is 0 Å². The Morgan fingerprint density at radius 3 is 2.35 bits per heavy atom. The highest BCUT2D eigenvalue weighted by Crippen LogP contribution is 1.87. The average molecular weight is 265 g/mol. The van der Waals surface area contributed by atoms with E-state index in [4.69, 9.17) is 0 Å². The maximum atomic E-state index is 11.0. The van der Waals surface area contributed by atoms with Crippen molar-refractivity contribution in [3.8, 4) is 0 Å². The van der Waals surface area contributed by atoms with Crippen LogP contribution in [-0.4, -0.2) is 46.9 Å². The van der Waals surface area contributed by atoms with Gasteiger partial charge in [-0.25, -0.2) is 22.7 Å². The molecule has 0 bridgehead atoms. The van der Waals surface area contributed by atoms with Crippen LogP contribution in [-0.2, 0) is 29.1 Å². The van der Waals surface area contributed by atoms with Crippen LogP contribution in [0.3, 0.4) is 0 Å². The van der Waals surface area contributed by atoms with E-state index in [1.165, 1.54) is 7.11 Å². The molecular weight excluding hydrogens is 250 g/mol. The maximum absolute atomic E-state index is 11.0. The minimum Gasteiger partial charge on any atom is -0.466 e. The van der Waals surface area contributed by atoms with E-state index in [-0.39, 0.29) is 13.2 Å². The van der Waals surface area contributed by atoms with Gasteiger partial charge in [0, 0.05) is 18.7 Å². The summed E-state index contributed by atoms with van der Waals surface area (Å²) in [5, 5.41) is 0. The SMILES string of the molecule is COC(=O)/C=C/C(=O)OCCCNS(C)(=O)=O. The second-order valence-corrected chi connectivity index (χ2v) is 4.88. The third-order valence-corrected chi connectivity index (χ3v) is 2.21. The van der Waals surface area contributed by atoms with E-state index in [1.54, 1.807) is 0 Å². The highest BCUT2D eigenvalue weighted by atomic mass is 32.2. The molecule has 8 heteroatoms. The van der Waals surface area contributed by atoms with Crippen molar-refractivity contribution in [2.24, 2.45) is 0 Å². The Balaban J connectivity index is 3.66. The Hall–Kier alpha value is -1.41. The molecule has 0 aromatic carbocycles. The summed E-state index contributed by atoms with van der Waals surface area (Å²) < 4.78 is 32.5. The largest absolute Gasteiger partial charge is 0.466 e. The van der Waals surface area contributed by atoms with Gasteiger partial charge in [0.1, 0.15) is 0 Å². The zero-order valence-corrected chi connectivity index (χ0v) is 10.5. The fourth-order valence-electron chi connectivity index (χ4n) is 0.755. The summed E-state index contributed by atoms with van der Waals surface area (Å²) in [6, 6.07) is 0. The van der Waals surface area contributed by atoms with Crippen LogP contribution in [0.4, 0.5) is 0 Å². The quantitative estimate of drug-likeness (QED) is 0.367. The molecule has 7 nitrogen and oxygen atoms in total. The van der Waals surface area contributed by atoms with E-state index >= 15 is 0 Å². The number of sulfonamides is 1. The molecule has 0 aromatic rings. The van der Waals surface area contributed by atoms with E-state index < -0.39 is 22.0 Å². The van der Waals surface area contributed by atoms with Crippen LogP contribution >= 0.6 is 0 Å². The number of nitrogens with one attached hydrogen (secondary N) is 1. The fourth-order valence-corrected chi connectivity index (χ4v) is 1.27. The smallest absolute Gasteiger partial charge is 0.331 e. The van der Waals surface area contributed by atoms with Crippen LogP contribution in [0.25, 0.3) is 0 Å². The van der Waals surface area contributed by atoms with Crippen LogP contribution in [0.2, 0.25) is 0 Å². The van der Waals surface area contributed by atoms with Gasteiger partial charge in [0.05, 0.1) is 20.0 Å². The van der Waals surface area contributed by atoms with Crippen molar-refractivity contribution < 1.29 is 27.5 Å². The van der Waals surface area contributed by atoms with Crippen LogP contribution in [0.5, 0.6) is 0 Å². The maximum Gasteiger partial charge on any atom is 0.331 e. The molecule has 0 heterocycles. The Bertz CT molecular complexity index is 386. The Morgan fingerprint density at radius 1 is 1.24 bits per heavy atom. The number of methoxy groups -OCH3 is 1. The molecule has 0 radical (unpaired) electrons. The first-order valence-electron chi connectivity index (χ1n) is 4.72. The number of rotatable bonds is 7. The molecule has 0 saturated heterocycles. The Kier molecular flexibility index (Phi) is 7.15. The average Bonchev–Trinajstić information content (AvgIpc) is 2.23. The van der Waals surface area contributed by atoms with Gasteiger partial charge in [0.25, 0.3) is 0 Å². The van der Waals surface area contributed by atoms with Crippen molar-refractivity contribution in [2.75, 3.05) is 26.5 Å². The molecule has 98 valence electrons. The standard InChI is InChI=1S/C9H15NO6S/c1-15-8(11)4-5-9(12)16-7-3-6-10-17(2,13)14/h4-5,10H,3,6-7H2,1-2H3/b5-4+. The Morgan fingerprint density at radius 2 is 1.82 bits per heavy atom. The van der Waals surface area contributed by atoms with Gasteiger partial charge in [-0.3, -0.25) is 0 Å². The molecule has 0 amide bonds. The summed E-state index contributed by atoms with van der Waals surface area (Å²) in [5.74, 6) is -1.34. The van der Waals surface area contributed by atoms with Crippen molar-refractivity contribution >= 4 is 22.0 Å². The third kappa shape index (κ3) is 10.9. The molecule has 0 atom stereocenters. The lowest BCUT2D eigenvalue weighted by Crippen LogP contribution is -2.24. The number of hydrogen-bond acceptors (Lipinski definition) is 6. The summed E-state index contributed by atoms with van der Waals surface area (Å²) in [6.07, 6.45) is 3.27. The van der Waals surface area contributed by atoms with Gasteiger partial charge < -0.3 is 9.47 Å². The number of hydrogen-bond donors (Lipinski definition) is 1. The first-order chi connectivity index (χ1) is 7.85. The topological polar surface area (TPSA) is 98.8 Å². The molecule has 1 N–H and O–H groups in total. The first kappa shape index (κ1) is 15.6. The monoisotopic (exact) mass is 265 g/mol. The highest BCUT2D eigenvalue weighted by Gasteiger charge is 2.01. The normalized spacial score (nSPS) is 11.4. The van der Waals surface area contributed by atoms with Crippen LogP contribution in [0.15, 0.2) is 12.2 Å². The molecular formula is C9H15NO6S. The molecule has 0 fully saturated rings. The lowest BCUT2D eigenvalue weighted by molar-refractivity contribution is -0.139. The van der Waals surface area contributed by atoms with Gasteiger partial charge in [-0.2, -0.15) is 0 Å². The van der Waals surface area contributed by atoms with Crippen LogP contribution < -0.4 is 4.72 Å². The Labute approximate surface area is 99.8 Å². The minimum absolute atomic E-state index is 0.0624. The predicted molar refractivity (Wildman–Crippen MR) is 59.6 cm³/mol. The van der Waals surface area contributed by atoms with Crippen molar-refractivity contribution in [3.05, 3.63) is 12.2 Å². The van der Waals surface area contributed by atoms with E-state index in [0.717, 1.165) is 18.4 Å². The number of carbonyl (C=O) groups excluding carboxylic acids is 2. The molecule has 0 spiro atoms. The summed E-state index contributed by atoms with van der Waals surface area (Å²) in [7, 11) is -2.03. The molecule has 17 heavy (non-hydrogen) atoms.